The molecule has 0 saturated heterocycles. The summed E-state index contributed by atoms with van der Waals surface area (Å²) in [5, 5.41) is 0. The molecule has 0 spiro atoms. The lowest BCUT2D eigenvalue weighted by atomic mass is 9.53. The molecule has 1 unspecified atom stereocenters. The maximum Gasteiger partial charge on any atom is 0.306 e. The number of carbonyl (C=O) groups is 1. The summed E-state index contributed by atoms with van der Waals surface area (Å²) >= 11 is 0. The molecule has 2 aromatic rings. The van der Waals surface area contributed by atoms with Gasteiger partial charge in [-0.1, -0.05) is 49.7 Å². The van der Waals surface area contributed by atoms with Crippen molar-refractivity contribution in [2.75, 3.05) is 20.6 Å². The Kier molecular flexibility index (Phi) is 7.43. The molecular formula is C29H39NO3. The number of benzene rings is 2. The zero-order chi connectivity index (χ0) is 23.3. The lowest BCUT2D eigenvalue weighted by Crippen LogP contribution is -2.59. The normalized spacial score (nSPS) is 24.1. The van der Waals surface area contributed by atoms with Crippen LogP contribution in [0.25, 0.3) is 0 Å². The number of hydrogen-bond donors (Lipinski definition) is 0. The van der Waals surface area contributed by atoms with Crippen LogP contribution >= 0.6 is 0 Å². The van der Waals surface area contributed by atoms with Gasteiger partial charge in [0, 0.05) is 11.8 Å². The van der Waals surface area contributed by atoms with Crippen LogP contribution in [-0.4, -0.2) is 37.1 Å². The van der Waals surface area contributed by atoms with Gasteiger partial charge in [-0.3, -0.25) is 4.79 Å². The minimum absolute atomic E-state index is 0.0337. The molecule has 0 N–H and O–H groups in total. The molecule has 0 heterocycles. The molecule has 0 aliphatic heterocycles. The second kappa shape index (κ2) is 10.3. The number of aryl methyl sites for hydroxylation is 1. The van der Waals surface area contributed by atoms with E-state index in [1.54, 1.807) is 0 Å². The topological polar surface area (TPSA) is 38.8 Å². The van der Waals surface area contributed by atoms with Gasteiger partial charge in [0.05, 0.1) is 0 Å². The summed E-state index contributed by atoms with van der Waals surface area (Å²) in [6.45, 7) is 3.58. The molecule has 0 amide bonds. The summed E-state index contributed by atoms with van der Waals surface area (Å²) in [7, 11) is 4.26. The first-order valence-electron chi connectivity index (χ1n) is 12.6. The molecule has 178 valence electrons. The van der Waals surface area contributed by atoms with Gasteiger partial charge < -0.3 is 14.4 Å². The SMILES string of the molecule is CCCC(=O)OC12CCCC[C@]1(CCN(C)C)c1cc(OCc3ccccc3)ccc1CC2. The van der Waals surface area contributed by atoms with Crippen molar-refractivity contribution in [2.45, 2.75) is 82.3 Å². The third-order valence-electron chi connectivity index (χ3n) is 7.70. The van der Waals surface area contributed by atoms with E-state index in [0.29, 0.717) is 13.0 Å². The fraction of sp³-hybridized carbons (Fsp3) is 0.552. The summed E-state index contributed by atoms with van der Waals surface area (Å²) in [5.74, 6) is 0.872. The Bertz CT molecular complexity index is 941. The van der Waals surface area contributed by atoms with Gasteiger partial charge in [-0.25, -0.2) is 0 Å². The Labute approximate surface area is 199 Å². The average Bonchev–Trinajstić information content (AvgIpc) is 2.82. The molecule has 4 nitrogen and oxygen atoms in total. The lowest BCUT2D eigenvalue weighted by molar-refractivity contribution is -0.179. The lowest BCUT2D eigenvalue weighted by Gasteiger charge is -2.56. The van der Waals surface area contributed by atoms with Crippen molar-refractivity contribution >= 4 is 5.97 Å². The zero-order valence-electron chi connectivity index (χ0n) is 20.6. The van der Waals surface area contributed by atoms with E-state index < -0.39 is 5.60 Å². The van der Waals surface area contributed by atoms with Gasteiger partial charge in [0.2, 0.25) is 0 Å². The van der Waals surface area contributed by atoms with E-state index >= 15 is 0 Å². The molecule has 2 aliphatic carbocycles. The standard InChI is InChI=1S/C29H39NO3/c1-4-10-27(31)33-29-17-9-8-16-28(29,19-20-30(2)3)26-21-25(14-13-24(26)15-18-29)32-22-23-11-6-5-7-12-23/h5-7,11-14,21H,4,8-10,15-20,22H2,1-3H3/t28-,29?/m0/s1. The van der Waals surface area contributed by atoms with Crippen LogP contribution in [0.2, 0.25) is 0 Å². The maximum absolute atomic E-state index is 12.8. The predicted molar refractivity (Wildman–Crippen MR) is 133 cm³/mol. The summed E-state index contributed by atoms with van der Waals surface area (Å²) in [4.78, 5) is 15.1. The fourth-order valence-corrected chi connectivity index (χ4v) is 6.01. The second-order valence-corrected chi connectivity index (χ2v) is 10.2. The molecule has 4 heteroatoms. The first-order chi connectivity index (χ1) is 16.0. The summed E-state index contributed by atoms with van der Waals surface area (Å²) in [6, 6.07) is 16.9. The minimum Gasteiger partial charge on any atom is -0.489 e. The van der Waals surface area contributed by atoms with Crippen molar-refractivity contribution in [1.29, 1.82) is 0 Å². The molecular weight excluding hydrogens is 410 g/mol. The van der Waals surface area contributed by atoms with Gasteiger partial charge in [0.25, 0.3) is 0 Å². The van der Waals surface area contributed by atoms with Crippen LogP contribution in [0.4, 0.5) is 0 Å². The van der Waals surface area contributed by atoms with E-state index in [0.717, 1.165) is 62.8 Å². The number of rotatable bonds is 9. The van der Waals surface area contributed by atoms with E-state index in [1.165, 1.54) is 17.5 Å². The van der Waals surface area contributed by atoms with Crippen LogP contribution < -0.4 is 4.74 Å². The van der Waals surface area contributed by atoms with Gasteiger partial charge >= 0.3 is 5.97 Å². The highest BCUT2D eigenvalue weighted by atomic mass is 16.6. The maximum atomic E-state index is 12.8. The van der Waals surface area contributed by atoms with Crippen molar-refractivity contribution in [2.24, 2.45) is 0 Å². The quantitative estimate of drug-likeness (QED) is 0.436. The van der Waals surface area contributed by atoms with Gasteiger partial charge in [-0.2, -0.15) is 0 Å². The van der Waals surface area contributed by atoms with Gasteiger partial charge in [-0.05, 0) is 94.4 Å². The molecule has 1 fully saturated rings. The summed E-state index contributed by atoms with van der Waals surface area (Å²) in [5.41, 5.74) is 3.35. The highest BCUT2D eigenvalue weighted by molar-refractivity contribution is 5.70. The molecule has 0 radical (unpaired) electrons. The number of esters is 1. The Balaban J connectivity index is 1.71. The Morgan fingerprint density at radius 3 is 2.58 bits per heavy atom. The first-order valence-corrected chi connectivity index (χ1v) is 12.6. The van der Waals surface area contributed by atoms with Crippen LogP contribution in [-0.2, 0) is 28.0 Å². The number of nitrogens with zero attached hydrogens (tertiary/aromatic N) is 1. The minimum atomic E-state index is -0.404. The number of ether oxygens (including phenoxy) is 2. The Morgan fingerprint density at radius 1 is 1.03 bits per heavy atom. The zero-order valence-corrected chi connectivity index (χ0v) is 20.6. The highest BCUT2D eigenvalue weighted by Gasteiger charge is 2.58. The first kappa shape index (κ1) is 23.8. The molecule has 0 bridgehead atoms. The van der Waals surface area contributed by atoms with Crippen LogP contribution in [0.5, 0.6) is 5.75 Å². The third kappa shape index (κ3) is 4.96. The van der Waals surface area contributed by atoms with Crippen LogP contribution in [0.1, 0.15) is 75.0 Å². The van der Waals surface area contributed by atoms with Gasteiger partial charge in [-0.15, -0.1) is 0 Å². The number of fused-ring (bicyclic) bond motifs is 3. The highest BCUT2D eigenvalue weighted by Crippen LogP contribution is 2.57. The molecule has 0 aromatic heterocycles. The fourth-order valence-electron chi connectivity index (χ4n) is 6.01. The van der Waals surface area contributed by atoms with E-state index in [1.807, 2.05) is 25.1 Å². The largest absolute Gasteiger partial charge is 0.489 e. The smallest absolute Gasteiger partial charge is 0.306 e. The van der Waals surface area contributed by atoms with E-state index in [2.05, 4.69) is 49.3 Å². The molecule has 2 atom stereocenters. The van der Waals surface area contributed by atoms with Gasteiger partial charge in [0.15, 0.2) is 0 Å². The average molecular weight is 450 g/mol. The van der Waals surface area contributed by atoms with Crippen molar-refractivity contribution in [3.05, 3.63) is 65.2 Å². The molecule has 2 aliphatic rings. The Hall–Kier alpha value is -2.33. The van der Waals surface area contributed by atoms with E-state index in [9.17, 15) is 4.79 Å². The number of hydrogen-bond acceptors (Lipinski definition) is 4. The summed E-state index contributed by atoms with van der Waals surface area (Å²) < 4.78 is 12.7. The van der Waals surface area contributed by atoms with Crippen LogP contribution in [0.3, 0.4) is 0 Å². The van der Waals surface area contributed by atoms with Crippen LogP contribution in [0.15, 0.2) is 48.5 Å². The van der Waals surface area contributed by atoms with Crippen molar-refractivity contribution in [3.63, 3.8) is 0 Å². The third-order valence-corrected chi connectivity index (χ3v) is 7.70. The summed E-state index contributed by atoms with van der Waals surface area (Å²) in [6.07, 6.45) is 8.53. The molecule has 33 heavy (non-hydrogen) atoms. The molecule has 1 saturated carbocycles. The van der Waals surface area contributed by atoms with Crippen molar-refractivity contribution < 1.29 is 14.3 Å². The van der Waals surface area contributed by atoms with Gasteiger partial charge in [0.1, 0.15) is 18.0 Å². The number of carbonyl (C=O) groups excluding carboxylic acids is 1. The monoisotopic (exact) mass is 449 g/mol. The Morgan fingerprint density at radius 2 is 1.82 bits per heavy atom. The van der Waals surface area contributed by atoms with Crippen molar-refractivity contribution in [3.8, 4) is 5.75 Å². The molecule has 2 aromatic carbocycles. The predicted octanol–water partition coefficient (Wildman–Crippen LogP) is 6.06. The van der Waals surface area contributed by atoms with Crippen molar-refractivity contribution in [1.82, 2.24) is 4.90 Å². The van der Waals surface area contributed by atoms with E-state index in [-0.39, 0.29) is 11.4 Å². The van der Waals surface area contributed by atoms with Crippen LogP contribution in [0, 0.1) is 0 Å². The van der Waals surface area contributed by atoms with E-state index in [4.69, 9.17) is 9.47 Å². The molecule has 4 rings (SSSR count). The second-order valence-electron chi connectivity index (χ2n) is 10.2.